The van der Waals surface area contributed by atoms with Crippen LogP contribution in [0.3, 0.4) is 0 Å². The summed E-state index contributed by atoms with van der Waals surface area (Å²) in [6.45, 7) is 0.611. The molecule has 1 amide bonds. The molecule has 2 nitrogen and oxygen atoms in total. The summed E-state index contributed by atoms with van der Waals surface area (Å²) in [4.78, 5) is 15.9. The van der Waals surface area contributed by atoms with Gasteiger partial charge < -0.3 is 4.90 Å². The van der Waals surface area contributed by atoms with Crippen molar-refractivity contribution in [1.29, 1.82) is 0 Å². The molecule has 4 aromatic rings. The lowest BCUT2D eigenvalue weighted by molar-refractivity contribution is -0.133. The molecule has 0 radical (unpaired) electrons. The van der Waals surface area contributed by atoms with Crippen molar-refractivity contribution in [2.24, 2.45) is 0 Å². The normalized spacial score (nSPS) is 13.0. The van der Waals surface area contributed by atoms with E-state index in [4.69, 9.17) is 11.6 Å². The second-order valence-corrected chi connectivity index (χ2v) is 9.12. The number of halogens is 1. The van der Waals surface area contributed by atoms with Crippen molar-refractivity contribution in [2.75, 3.05) is 0 Å². The molecule has 0 atom stereocenters. The Morgan fingerprint density at radius 1 is 0.788 bits per heavy atom. The Labute approximate surface area is 200 Å². The molecule has 0 unspecified atom stereocenters. The summed E-state index contributed by atoms with van der Waals surface area (Å²) in [6.07, 6.45) is 2.12. The van der Waals surface area contributed by atoms with Gasteiger partial charge in [0.2, 0.25) is 5.91 Å². The van der Waals surface area contributed by atoms with Gasteiger partial charge in [-0.1, -0.05) is 103 Å². The van der Waals surface area contributed by atoms with E-state index in [0.29, 0.717) is 18.0 Å². The lowest BCUT2D eigenvalue weighted by atomic mass is 9.97. The molecule has 5 rings (SSSR count). The predicted molar refractivity (Wildman–Crippen MR) is 135 cm³/mol. The molecular weight excluding hydrogens is 426 g/mol. The van der Waals surface area contributed by atoms with Crippen LogP contribution in [0.15, 0.2) is 103 Å². The zero-order chi connectivity index (χ0) is 22.6. The third-order valence-electron chi connectivity index (χ3n) is 6.48. The van der Waals surface area contributed by atoms with Gasteiger partial charge in [0.1, 0.15) is 0 Å². The van der Waals surface area contributed by atoms with Crippen molar-refractivity contribution >= 4 is 17.5 Å². The monoisotopic (exact) mass is 451 g/mol. The number of carbonyl (C=O) groups excluding carboxylic acids is 1. The van der Waals surface area contributed by atoms with E-state index in [1.807, 2.05) is 54.6 Å². The smallest absolute Gasteiger partial charge is 0.227 e. The van der Waals surface area contributed by atoms with Gasteiger partial charge in [-0.15, -0.1) is 0 Å². The largest absolute Gasteiger partial charge is 0.334 e. The van der Waals surface area contributed by atoms with E-state index in [2.05, 4.69) is 53.4 Å². The molecule has 164 valence electrons. The van der Waals surface area contributed by atoms with Crippen LogP contribution in [0, 0.1) is 0 Å². The number of benzene rings is 4. The fourth-order valence-corrected chi connectivity index (χ4v) is 5.02. The number of fused-ring (bicyclic) bond motifs is 1. The van der Waals surface area contributed by atoms with Crippen LogP contribution in [-0.4, -0.2) is 16.8 Å². The van der Waals surface area contributed by atoms with E-state index >= 15 is 0 Å². The van der Waals surface area contributed by atoms with E-state index in [1.54, 1.807) is 0 Å². The molecule has 0 bridgehead atoms. The van der Waals surface area contributed by atoms with Gasteiger partial charge in [0.25, 0.3) is 0 Å². The third kappa shape index (κ3) is 4.86. The fourth-order valence-electron chi connectivity index (χ4n) is 4.83. The molecule has 1 aliphatic carbocycles. The van der Waals surface area contributed by atoms with Gasteiger partial charge in [-0.25, -0.2) is 0 Å². The highest BCUT2D eigenvalue weighted by molar-refractivity contribution is 6.30. The second kappa shape index (κ2) is 9.64. The van der Waals surface area contributed by atoms with Crippen LogP contribution in [0.2, 0.25) is 5.02 Å². The van der Waals surface area contributed by atoms with E-state index in [9.17, 15) is 4.79 Å². The zero-order valence-electron chi connectivity index (χ0n) is 18.5. The lowest BCUT2D eigenvalue weighted by Gasteiger charge is -2.30. The molecular formula is C30H26ClNO. The van der Waals surface area contributed by atoms with Gasteiger partial charge in [-0.3, -0.25) is 4.79 Å². The highest BCUT2D eigenvalue weighted by Crippen LogP contribution is 2.30. The first kappa shape index (κ1) is 21.5. The van der Waals surface area contributed by atoms with Gasteiger partial charge in [-0.2, -0.15) is 0 Å². The number of carbonyl (C=O) groups is 1. The topological polar surface area (TPSA) is 20.3 Å². The maximum absolute atomic E-state index is 13.8. The third-order valence-corrected chi connectivity index (χ3v) is 6.72. The lowest BCUT2D eigenvalue weighted by Crippen LogP contribution is -2.41. The predicted octanol–water partition coefficient (Wildman–Crippen LogP) is 6.75. The number of nitrogens with zero attached hydrogens (tertiary/aromatic N) is 1. The summed E-state index contributed by atoms with van der Waals surface area (Å²) in [5, 5.41) is 0.653. The summed E-state index contributed by atoms with van der Waals surface area (Å²) in [6, 6.07) is 35.0. The Morgan fingerprint density at radius 3 is 2.06 bits per heavy atom. The molecule has 1 aliphatic rings. The zero-order valence-corrected chi connectivity index (χ0v) is 19.2. The number of hydrogen-bond acceptors (Lipinski definition) is 1. The standard InChI is InChI=1S/C30H26ClNO/c31-27-15-16-29(23-11-5-2-6-12-23)26(17-27)20-30(33)32(21-22-9-3-1-4-10-22)28-18-24-13-7-8-14-25(24)19-28/h1-17,28H,18-21H2. The quantitative estimate of drug-likeness (QED) is 0.317. The maximum atomic E-state index is 13.8. The molecule has 0 aromatic heterocycles. The first-order valence-corrected chi connectivity index (χ1v) is 11.8. The van der Waals surface area contributed by atoms with Crippen molar-refractivity contribution in [3.63, 3.8) is 0 Å². The van der Waals surface area contributed by atoms with Crippen LogP contribution in [0.4, 0.5) is 0 Å². The molecule has 0 saturated carbocycles. The Kier molecular flexibility index (Phi) is 6.28. The first-order valence-electron chi connectivity index (χ1n) is 11.4. The summed E-state index contributed by atoms with van der Waals surface area (Å²) < 4.78 is 0. The van der Waals surface area contributed by atoms with Crippen LogP contribution in [0.25, 0.3) is 11.1 Å². The number of hydrogen-bond donors (Lipinski definition) is 0. The van der Waals surface area contributed by atoms with Gasteiger partial charge in [0, 0.05) is 17.6 Å². The average Bonchev–Trinajstić information content (AvgIpc) is 3.28. The van der Waals surface area contributed by atoms with Gasteiger partial charge in [0.05, 0.1) is 6.42 Å². The fraction of sp³-hybridized carbons (Fsp3) is 0.167. The Hall–Kier alpha value is -3.36. The molecule has 0 heterocycles. The van der Waals surface area contributed by atoms with E-state index in [0.717, 1.165) is 35.1 Å². The van der Waals surface area contributed by atoms with Crippen molar-refractivity contribution in [1.82, 2.24) is 4.90 Å². The van der Waals surface area contributed by atoms with Crippen LogP contribution < -0.4 is 0 Å². The van der Waals surface area contributed by atoms with Crippen LogP contribution >= 0.6 is 11.6 Å². The number of amides is 1. The van der Waals surface area contributed by atoms with Gasteiger partial charge in [-0.05, 0) is 58.4 Å². The molecule has 4 aromatic carbocycles. The van der Waals surface area contributed by atoms with E-state index in [-0.39, 0.29) is 11.9 Å². The molecule has 0 saturated heterocycles. The summed E-state index contributed by atoms with van der Waals surface area (Å²) in [7, 11) is 0. The summed E-state index contributed by atoms with van der Waals surface area (Å²) in [5.41, 5.74) is 6.97. The van der Waals surface area contributed by atoms with E-state index in [1.165, 1.54) is 11.1 Å². The minimum Gasteiger partial charge on any atom is -0.334 e. The number of rotatable bonds is 6. The minimum atomic E-state index is 0.135. The molecule has 0 N–H and O–H groups in total. The highest BCUT2D eigenvalue weighted by Gasteiger charge is 2.30. The average molecular weight is 452 g/mol. The summed E-state index contributed by atoms with van der Waals surface area (Å²) in [5.74, 6) is 0.135. The van der Waals surface area contributed by atoms with Crippen molar-refractivity contribution in [2.45, 2.75) is 31.8 Å². The molecule has 33 heavy (non-hydrogen) atoms. The molecule has 0 aliphatic heterocycles. The minimum absolute atomic E-state index is 0.135. The Bertz CT molecular complexity index is 1230. The van der Waals surface area contributed by atoms with E-state index < -0.39 is 0 Å². The second-order valence-electron chi connectivity index (χ2n) is 8.68. The highest BCUT2D eigenvalue weighted by atomic mass is 35.5. The summed E-state index contributed by atoms with van der Waals surface area (Å²) >= 11 is 6.36. The van der Waals surface area contributed by atoms with Crippen LogP contribution in [0.5, 0.6) is 0 Å². The molecule has 3 heteroatoms. The SMILES string of the molecule is O=C(Cc1cc(Cl)ccc1-c1ccccc1)N(Cc1ccccc1)C1Cc2ccccc2C1. The van der Waals surface area contributed by atoms with Crippen LogP contribution in [0.1, 0.15) is 22.3 Å². The van der Waals surface area contributed by atoms with Crippen LogP contribution in [-0.2, 0) is 30.6 Å². The molecule has 0 spiro atoms. The first-order chi connectivity index (χ1) is 16.2. The van der Waals surface area contributed by atoms with Crippen molar-refractivity contribution < 1.29 is 4.79 Å². The Morgan fingerprint density at radius 2 is 1.39 bits per heavy atom. The molecule has 0 fully saturated rings. The Balaban J connectivity index is 1.45. The van der Waals surface area contributed by atoms with Gasteiger partial charge in [0.15, 0.2) is 0 Å². The maximum Gasteiger partial charge on any atom is 0.227 e. The van der Waals surface area contributed by atoms with Crippen molar-refractivity contribution in [3.05, 3.63) is 130 Å². The van der Waals surface area contributed by atoms with Gasteiger partial charge >= 0.3 is 0 Å². The van der Waals surface area contributed by atoms with Crippen molar-refractivity contribution in [3.8, 4) is 11.1 Å².